The van der Waals surface area contributed by atoms with Crippen molar-refractivity contribution in [3.8, 4) is 0 Å². The van der Waals surface area contributed by atoms with Crippen molar-refractivity contribution in [1.29, 1.82) is 0 Å². The zero-order chi connectivity index (χ0) is 12.5. The van der Waals surface area contributed by atoms with Gasteiger partial charge in [-0.1, -0.05) is 6.92 Å². The molecule has 1 aliphatic rings. The van der Waals surface area contributed by atoms with Gasteiger partial charge in [-0.2, -0.15) is 15.1 Å². The average Bonchev–Trinajstić information content (AvgIpc) is 2.87. The summed E-state index contributed by atoms with van der Waals surface area (Å²) < 4.78 is 0. The van der Waals surface area contributed by atoms with Gasteiger partial charge in [0.2, 0.25) is 5.95 Å². The zero-order valence-electron chi connectivity index (χ0n) is 10.7. The van der Waals surface area contributed by atoms with Crippen molar-refractivity contribution in [3.05, 3.63) is 6.20 Å². The Hall–Kier alpha value is -1.85. The zero-order valence-corrected chi connectivity index (χ0v) is 10.7. The summed E-state index contributed by atoms with van der Waals surface area (Å²) in [5.74, 6) is 3.13. The maximum atomic E-state index is 4.49. The predicted octanol–water partition coefficient (Wildman–Crippen LogP) is 1.85. The Bertz CT molecular complexity index is 548. The molecule has 0 bridgehead atoms. The van der Waals surface area contributed by atoms with E-state index in [1.54, 1.807) is 6.20 Å². The molecular formula is C12H18N6. The fourth-order valence-electron chi connectivity index (χ4n) is 2.12. The number of aromatic amines is 1. The van der Waals surface area contributed by atoms with E-state index < -0.39 is 0 Å². The fraction of sp³-hybridized carbons (Fsp3) is 0.583. The molecular weight excluding hydrogens is 228 g/mol. The van der Waals surface area contributed by atoms with Gasteiger partial charge in [0.15, 0.2) is 5.65 Å². The van der Waals surface area contributed by atoms with Crippen molar-refractivity contribution in [2.45, 2.75) is 20.3 Å². The number of H-pyrrole nitrogens is 1. The molecule has 0 saturated heterocycles. The fourth-order valence-corrected chi connectivity index (χ4v) is 2.12. The summed E-state index contributed by atoms with van der Waals surface area (Å²) in [5.41, 5.74) is 0.771. The van der Waals surface area contributed by atoms with E-state index >= 15 is 0 Å². The van der Waals surface area contributed by atoms with Crippen LogP contribution in [0.3, 0.4) is 0 Å². The highest BCUT2D eigenvalue weighted by molar-refractivity contribution is 5.86. The highest BCUT2D eigenvalue weighted by Crippen LogP contribution is 2.37. The van der Waals surface area contributed by atoms with Gasteiger partial charge in [-0.05, 0) is 25.2 Å². The van der Waals surface area contributed by atoms with Gasteiger partial charge in [-0.3, -0.25) is 5.10 Å². The first-order valence-electron chi connectivity index (χ1n) is 6.46. The monoisotopic (exact) mass is 246 g/mol. The molecule has 2 unspecified atom stereocenters. The first-order chi connectivity index (χ1) is 8.78. The summed E-state index contributed by atoms with van der Waals surface area (Å²) in [6.45, 7) is 6.09. The standard InChI is InChI=1S/C12H18N6/c1-3-13-12-16-10(14-5-8-4-7(8)2)9-6-15-18-11(9)17-12/h6-8H,3-5H2,1-2H3,(H3,13,14,15,16,17,18). The molecule has 1 saturated carbocycles. The number of nitrogens with zero attached hydrogens (tertiary/aromatic N) is 3. The van der Waals surface area contributed by atoms with Crippen LogP contribution in [0, 0.1) is 11.8 Å². The van der Waals surface area contributed by atoms with Crippen LogP contribution in [0.5, 0.6) is 0 Å². The molecule has 0 aliphatic heterocycles. The molecule has 6 heteroatoms. The van der Waals surface area contributed by atoms with E-state index in [9.17, 15) is 0 Å². The van der Waals surface area contributed by atoms with Crippen LogP contribution >= 0.6 is 0 Å². The normalized spacial score (nSPS) is 22.1. The van der Waals surface area contributed by atoms with E-state index in [1.165, 1.54) is 6.42 Å². The first kappa shape index (κ1) is 11.3. The van der Waals surface area contributed by atoms with Crippen LogP contribution in [0.25, 0.3) is 11.0 Å². The third-order valence-corrected chi connectivity index (χ3v) is 3.45. The van der Waals surface area contributed by atoms with Gasteiger partial charge in [0.1, 0.15) is 5.82 Å². The van der Waals surface area contributed by atoms with Crippen LogP contribution in [0.15, 0.2) is 6.20 Å². The molecule has 0 radical (unpaired) electrons. The van der Waals surface area contributed by atoms with Gasteiger partial charge in [-0.15, -0.1) is 0 Å². The lowest BCUT2D eigenvalue weighted by Crippen LogP contribution is -2.09. The SMILES string of the molecule is CCNc1nc(NCC2CC2C)c2cn[nH]c2n1. The van der Waals surface area contributed by atoms with Crippen LogP contribution in [0.1, 0.15) is 20.3 Å². The Morgan fingerprint density at radius 2 is 2.22 bits per heavy atom. The maximum absolute atomic E-state index is 4.49. The Balaban J connectivity index is 1.84. The quantitative estimate of drug-likeness (QED) is 0.750. The van der Waals surface area contributed by atoms with E-state index in [0.29, 0.717) is 5.95 Å². The molecule has 1 fully saturated rings. The molecule has 3 N–H and O–H groups in total. The molecule has 2 heterocycles. The number of hydrogen-bond donors (Lipinski definition) is 3. The number of aromatic nitrogens is 4. The first-order valence-corrected chi connectivity index (χ1v) is 6.46. The molecule has 6 nitrogen and oxygen atoms in total. The number of nitrogens with one attached hydrogen (secondary N) is 3. The molecule has 2 atom stereocenters. The van der Waals surface area contributed by atoms with Crippen LogP contribution < -0.4 is 10.6 Å². The lowest BCUT2D eigenvalue weighted by Gasteiger charge is -2.08. The van der Waals surface area contributed by atoms with Gasteiger partial charge in [-0.25, -0.2) is 0 Å². The molecule has 3 rings (SSSR count). The topological polar surface area (TPSA) is 78.5 Å². The van der Waals surface area contributed by atoms with Crippen molar-refractivity contribution in [2.24, 2.45) is 11.8 Å². The second-order valence-electron chi connectivity index (χ2n) is 4.91. The molecule has 18 heavy (non-hydrogen) atoms. The minimum Gasteiger partial charge on any atom is -0.369 e. The molecule has 1 aliphatic carbocycles. The molecule has 2 aromatic heterocycles. The van der Waals surface area contributed by atoms with Crippen molar-refractivity contribution in [2.75, 3.05) is 23.7 Å². The van der Waals surface area contributed by atoms with E-state index in [0.717, 1.165) is 41.8 Å². The van der Waals surface area contributed by atoms with Crippen molar-refractivity contribution >= 4 is 22.8 Å². The van der Waals surface area contributed by atoms with Crippen LogP contribution in [0.4, 0.5) is 11.8 Å². The molecule has 2 aromatic rings. The van der Waals surface area contributed by atoms with E-state index in [2.05, 4.69) is 37.7 Å². The molecule has 0 amide bonds. The van der Waals surface area contributed by atoms with Crippen molar-refractivity contribution in [1.82, 2.24) is 20.2 Å². The predicted molar refractivity (Wildman–Crippen MR) is 71.6 cm³/mol. The number of hydrogen-bond acceptors (Lipinski definition) is 5. The highest BCUT2D eigenvalue weighted by Gasteiger charge is 2.32. The third kappa shape index (κ3) is 2.10. The van der Waals surface area contributed by atoms with Crippen LogP contribution in [-0.2, 0) is 0 Å². The summed E-state index contributed by atoms with van der Waals surface area (Å²) in [5, 5.41) is 14.4. The smallest absolute Gasteiger partial charge is 0.226 e. The number of fused-ring (bicyclic) bond motifs is 1. The van der Waals surface area contributed by atoms with E-state index in [-0.39, 0.29) is 0 Å². The Morgan fingerprint density at radius 3 is 2.94 bits per heavy atom. The van der Waals surface area contributed by atoms with Gasteiger partial charge < -0.3 is 10.6 Å². The summed E-state index contributed by atoms with van der Waals surface area (Å²) in [6, 6.07) is 0. The van der Waals surface area contributed by atoms with Crippen molar-refractivity contribution < 1.29 is 0 Å². The summed E-state index contributed by atoms with van der Waals surface area (Å²) >= 11 is 0. The van der Waals surface area contributed by atoms with Gasteiger partial charge in [0.25, 0.3) is 0 Å². The second kappa shape index (κ2) is 4.44. The number of anilines is 2. The minimum absolute atomic E-state index is 0.639. The summed E-state index contributed by atoms with van der Waals surface area (Å²) in [6.07, 6.45) is 3.08. The third-order valence-electron chi connectivity index (χ3n) is 3.45. The summed E-state index contributed by atoms with van der Waals surface area (Å²) in [7, 11) is 0. The molecule has 0 spiro atoms. The summed E-state index contributed by atoms with van der Waals surface area (Å²) in [4.78, 5) is 8.86. The Morgan fingerprint density at radius 1 is 1.39 bits per heavy atom. The van der Waals surface area contributed by atoms with Crippen molar-refractivity contribution in [3.63, 3.8) is 0 Å². The second-order valence-corrected chi connectivity index (χ2v) is 4.91. The molecule has 96 valence electrons. The Kier molecular flexibility index (Phi) is 2.77. The highest BCUT2D eigenvalue weighted by atomic mass is 15.2. The number of rotatable bonds is 5. The van der Waals surface area contributed by atoms with Gasteiger partial charge in [0.05, 0.1) is 11.6 Å². The Labute approximate surface area is 106 Å². The van der Waals surface area contributed by atoms with Gasteiger partial charge in [0, 0.05) is 13.1 Å². The largest absolute Gasteiger partial charge is 0.369 e. The van der Waals surface area contributed by atoms with E-state index in [4.69, 9.17) is 0 Å². The maximum Gasteiger partial charge on any atom is 0.226 e. The molecule has 0 aromatic carbocycles. The lowest BCUT2D eigenvalue weighted by atomic mass is 10.3. The lowest BCUT2D eigenvalue weighted by molar-refractivity contribution is 0.785. The van der Waals surface area contributed by atoms with Crippen LogP contribution in [0.2, 0.25) is 0 Å². The van der Waals surface area contributed by atoms with E-state index in [1.807, 2.05) is 6.92 Å². The minimum atomic E-state index is 0.639. The average molecular weight is 246 g/mol. The van der Waals surface area contributed by atoms with Gasteiger partial charge >= 0.3 is 0 Å². The van der Waals surface area contributed by atoms with Crippen LogP contribution in [-0.4, -0.2) is 33.3 Å².